The molecule has 2 aromatic heterocycles. The zero-order chi connectivity index (χ0) is 23.2. The van der Waals surface area contributed by atoms with Crippen LogP contribution < -0.4 is 20.3 Å². The van der Waals surface area contributed by atoms with Crippen molar-refractivity contribution in [2.24, 2.45) is 5.92 Å². The van der Waals surface area contributed by atoms with Gasteiger partial charge in [0.15, 0.2) is 0 Å². The molecule has 1 aromatic carbocycles. The van der Waals surface area contributed by atoms with Crippen LogP contribution in [-0.2, 0) is 10.9 Å². The summed E-state index contributed by atoms with van der Waals surface area (Å²) >= 11 is 0. The van der Waals surface area contributed by atoms with Gasteiger partial charge in [-0.3, -0.25) is 4.98 Å². The van der Waals surface area contributed by atoms with Crippen molar-refractivity contribution in [3.63, 3.8) is 0 Å². The molecule has 1 aliphatic rings. The van der Waals surface area contributed by atoms with Gasteiger partial charge in [0, 0.05) is 38.1 Å². The lowest BCUT2D eigenvalue weighted by Gasteiger charge is -2.21. The number of benzene rings is 1. The molecule has 0 amide bonds. The first-order valence-electron chi connectivity index (χ1n) is 10.5. The molecular weight excluding hydrogens is 447 g/mol. The summed E-state index contributed by atoms with van der Waals surface area (Å²) in [6.45, 7) is 3.76. The van der Waals surface area contributed by atoms with Gasteiger partial charge in [-0.2, -0.15) is 9.97 Å². The molecule has 0 radical (unpaired) electrons. The molecular formula is C21H25FN8O2S. The van der Waals surface area contributed by atoms with E-state index in [-0.39, 0.29) is 17.8 Å². The Balaban J connectivity index is 1.56. The molecule has 10 nitrogen and oxygen atoms in total. The van der Waals surface area contributed by atoms with E-state index in [1.54, 1.807) is 30.7 Å². The molecule has 1 saturated heterocycles. The number of nitrogens with zero attached hydrogens (tertiary/aromatic N) is 5. The van der Waals surface area contributed by atoms with Gasteiger partial charge in [-0.25, -0.2) is 22.5 Å². The summed E-state index contributed by atoms with van der Waals surface area (Å²) in [5, 5.41) is 6.43. The highest BCUT2D eigenvalue weighted by Crippen LogP contribution is 2.27. The predicted octanol–water partition coefficient (Wildman–Crippen LogP) is 2.26. The average Bonchev–Trinajstić information content (AvgIpc) is 3.28. The second kappa shape index (κ2) is 10.5. The Hall–Kier alpha value is -3.38. The Kier molecular flexibility index (Phi) is 7.25. The molecule has 0 aliphatic carbocycles. The fourth-order valence-corrected chi connectivity index (χ4v) is 4.07. The van der Waals surface area contributed by atoms with Crippen molar-refractivity contribution in [2.45, 2.75) is 19.4 Å². The van der Waals surface area contributed by atoms with Gasteiger partial charge in [0.2, 0.25) is 16.8 Å². The molecule has 174 valence electrons. The van der Waals surface area contributed by atoms with E-state index < -0.39 is 10.9 Å². The lowest BCUT2D eigenvalue weighted by Crippen LogP contribution is -2.26. The van der Waals surface area contributed by atoms with Crippen molar-refractivity contribution in [1.29, 1.82) is 0 Å². The minimum Gasteiger partial charge on any atom is -0.356 e. The maximum absolute atomic E-state index is 13.3. The molecule has 1 unspecified atom stereocenters. The minimum atomic E-state index is -2.61. The van der Waals surface area contributed by atoms with Crippen molar-refractivity contribution in [3.05, 3.63) is 60.3 Å². The summed E-state index contributed by atoms with van der Waals surface area (Å²) in [6, 6.07) is 7.93. The number of aromatic nitrogens is 4. The smallest absolute Gasteiger partial charge is 0.227 e. The Morgan fingerprint density at radius 2 is 2.00 bits per heavy atom. The molecule has 1 aliphatic heterocycles. The van der Waals surface area contributed by atoms with E-state index in [0.717, 1.165) is 18.5 Å². The number of hydrogen-bond acceptors (Lipinski definition) is 9. The van der Waals surface area contributed by atoms with Gasteiger partial charge < -0.3 is 15.5 Å². The molecule has 3 aromatic rings. The number of nitrogens with one attached hydrogen (secondary N) is 3. The van der Waals surface area contributed by atoms with E-state index in [1.165, 1.54) is 12.1 Å². The van der Waals surface area contributed by atoms with E-state index >= 15 is 0 Å². The van der Waals surface area contributed by atoms with Gasteiger partial charge in [-0.1, -0.05) is 12.1 Å². The van der Waals surface area contributed by atoms with Crippen LogP contribution in [0.15, 0.2) is 48.9 Å². The highest BCUT2D eigenvalue weighted by molar-refractivity contribution is 7.70. The molecule has 0 bridgehead atoms. The zero-order valence-electron chi connectivity index (χ0n) is 18.0. The predicted molar refractivity (Wildman–Crippen MR) is 124 cm³/mol. The normalized spacial score (nSPS) is 16.7. The first-order valence-corrected chi connectivity index (χ1v) is 11.7. The molecule has 1 fully saturated rings. The van der Waals surface area contributed by atoms with E-state index in [2.05, 4.69) is 40.2 Å². The van der Waals surface area contributed by atoms with Gasteiger partial charge >= 0.3 is 0 Å². The van der Waals surface area contributed by atoms with Crippen LogP contribution in [0, 0.1) is 11.7 Å². The summed E-state index contributed by atoms with van der Waals surface area (Å²) in [5.74, 6) is 2.10. The summed E-state index contributed by atoms with van der Waals surface area (Å²) < 4.78 is 37.5. The number of rotatable bonds is 9. The first-order chi connectivity index (χ1) is 16.0. The molecule has 0 spiro atoms. The van der Waals surface area contributed by atoms with Crippen LogP contribution in [-0.4, -0.2) is 48.0 Å². The van der Waals surface area contributed by atoms with Crippen molar-refractivity contribution >= 4 is 34.3 Å². The first kappa shape index (κ1) is 22.8. The maximum Gasteiger partial charge on any atom is 0.227 e. The fraction of sp³-hybridized carbons (Fsp3) is 0.333. The lowest BCUT2D eigenvalue weighted by atomic mass is 10.1. The monoisotopic (exact) mass is 472 g/mol. The van der Waals surface area contributed by atoms with Gasteiger partial charge in [0.05, 0.1) is 12.2 Å². The number of anilines is 4. The van der Waals surface area contributed by atoms with Crippen LogP contribution in [0.2, 0.25) is 0 Å². The van der Waals surface area contributed by atoms with Crippen molar-refractivity contribution in [2.75, 3.05) is 35.2 Å². The van der Waals surface area contributed by atoms with Crippen LogP contribution in [0.4, 0.5) is 27.8 Å². The molecule has 3 N–H and O–H groups in total. The highest BCUT2D eigenvalue weighted by Gasteiger charge is 2.24. The van der Waals surface area contributed by atoms with Crippen molar-refractivity contribution < 1.29 is 12.8 Å². The van der Waals surface area contributed by atoms with Crippen molar-refractivity contribution in [1.82, 2.24) is 24.7 Å². The molecule has 4 rings (SSSR count). The quantitative estimate of drug-likeness (QED) is 0.347. The van der Waals surface area contributed by atoms with Gasteiger partial charge in [-0.15, -0.1) is 0 Å². The second-order valence-corrected chi connectivity index (χ2v) is 8.62. The number of hydrogen-bond donors (Lipinski definition) is 4. The molecule has 3 heterocycles. The summed E-state index contributed by atoms with van der Waals surface area (Å²) in [6.07, 6.45) is 5.61. The SMILES string of the molecule is C[C@H](Nc1nc(Nc2cnccn2)cc(N2CCC(CN[SH](=O)=O)C2)n1)c1ccc(F)cc1. The van der Waals surface area contributed by atoms with E-state index in [0.29, 0.717) is 36.5 Å². The summed E-state index contributed by atoms with van der Waals surface area (Å²) in [7, 11) is -2.61. The highest BCUT2D eigenvalue weighted by atomic mass is 32.2. The van der Waals surface area contributed by atoms with Crippen LogP contribution >= 0.6 is 0 Å². The molecule has 0 saturated carbocycles. The molecule has 12 heteroatoms. The Morgan fingerprint density at radius 1 is 1.18 bits per heavy atom. The lowest BCUT2D eigenvalue weighted by molar-refractivity contribution is 0.553. The minimum absolute atomic E-state index is 0.158. The summed E-state index contributed by atoms with van der Waals surface area (Å²) in [5.41, 5.74) is 0.896. The fourth-order valence-electron chi connectivity index (χ4n) is 3.66. The van der Waals surface area contributed by atoms with Gasteiger partial charge in [0.25, 0.3) is 0 Å². The van der Waals surface area contributed by atoms with E-state index in [9.17, 15) is 12.8 Å². The third-order valence-corrected chi connectivity index (χ3v) is 5.81. The Labute approximate surface area is 192 Å². The van der Waals surface area contributed by atoms with Crippen LogP contribution in [0.25, 0.3) is 0 Å². The third kappa shape index (κ3) is 6.33. The summed E-state index contributed by atoms with van der Waals surface area (Å²) in [4.78, 5) is 19.6. The van der Waals surface area contributed by atoms with Gasteiger partial charge in [0.1, 0.15) is 23.3 Å². The largest absolute Gasteiger partial charge is 0.356 e. The van der Waals surface area contributed by atoms with Crippen molar-refractivity contribution in [3.8, 4) is 0 Å². The van der Waals surface area contributed by atoms with E-state index in [4.69, 9.17) is 0 Å². The number of halogens is 1. The third-order valence-electron chi connectivity index (χ3n) is 5.37. The van der Waals surface area contributed by atoms with E-state index in [1.807, 2.05) is 13.0 Å². The van der Waals surface area contributed by atoms with Crippen LogP contribution in [0.5, 0.6) is 0 Å². The standard InChI is InChI=1S/C21H25FN8O2S/c1-14(16-2-4-17(22)5-3-16)26-21-28-18(27-19-12-23-7-8-24-19)10-20(29-21)30-9-6-15(13-30)11-25-33(31)32/h2-5,7-8,10,12,14-15,33H,6,9,11,13H2,1H3,(H,25,31,32)(H2,24,26,27,28,29)/t14-,15?/m0/s1. The molecule has 2 atom stereocenters. The van der Waals surface area contributed by atoms with Crippen LogP contribution in [0.3, 0.4) is 0 Å². The Morgan fingerprint density at radius 3 is 2.73 bits per heavy atom. The van der Waals surface area contributed by atoms with Crippen LogP contribution in [0.1, 0.15) is 24.9 Å². The molecule has 33 heavy (non-hydrogen) atoms. The zero-order valence-corrected chi connectivity index (χ0v) is 18.9. The topological polar surface area (TPSA) is 125 Å². The Bertz CT molecular complexity index is 1140. The van der Waals surface area contributed by atoms with Gasteiger partial charge in [-0.05, 0) is 37.0 Å². The number of thiol groups is 1. The maximum atomic E-state index is 13.3. The second-order valence-electron chi connectivity index (χ2n) is 7.79. The average molecular weight is 473 g/mol.